The number of hydrogen-bond donors (Lipinski definition) is 2. The number of carbonyl (C=O) groups excluding carboxylic acids is 1. The van der Waals surface area contributed by atoms with Gasteiger partial charge < -0.3 is 20.4 Å². The van der Waals surface area contributed by atoms with Gasteiger partial charge in [0.25, 0.3) is 0 Å². The first kappa shape index (κ1) is 22.9. The van der Waals surface area contributed by atoms with Crippen molar-refractivity contribution in [3.05, 3.63) is 59.2 Å². The number of guanidine groups is 1. The Labute approximate surface area is 189 Å². The van der Waals surface area contributed by atoms with E-state index in [4.69, 9.17) is 11.6 Å². The number of nitrogens with one attached hydrogen (secondary N) is 2. The van der Waals surface area contributed by atoms with Crippen LogP contribution in [0.15, 0.2) is 53.7 Å². The average Bonchev–Trinajstić information content (AvgIpc) is 2.81. The molecule has 3 rings (SSSR count). The molecule has 0 aliphatic carbocycles. The molecule has 1 aromatic heterocycles. The van der Waals surface area contributed by atoms with E-state index in [1.165, 1.54) is 0 Å². The zero-order valence-electron chi connectivity index (χ0n) is 18.1. The number of anilines is 1. The van der Waals surface area contributed by atoms with Crippen molar-refractivity contribution in [2.24, 2.45) is 4.99 Å². The molecule has 2 heterocycles. The summed E-state index contributed by atoms with van der Waals surface area (Å²) in [6.45, 7) is 7.01. The number of amides is 1. The van der Waals surface area contributed by atoms with Gasteiger partial charge in [-0.2, -0.15) is 0 Å². The molecule has 0 radical (unpaired) electrons. The lowest BCUT2D eigenvalue weighted by Crippen LogP contribution is -2.49. The fraction of sp³-hybridized carbons (Fsp3) is 0.435. The van der Waals surface area contributed by atoms with Gasteiger partial charge in [0.15, 0.2) is 5.96 Å². The van der Waals surface area contributed by atoms with Crippen LogP contribution in [0.3, 0.4) is 0 Å². The lowest BCUT2D eigenvalue weighted by atomic mass is 10.1. The summed E-state index contributed by atoms with van der Waals surface area (Å²) in [6, 6.07) is 13.8. The third kappa shape index (κ3) is 7.14. The number of benzene rings is 1. The normalized spacial score (nSPS) is 14.5. The van der Waals surface area contributed by atoms with Crippen molar-refractivity contribution in [2.45, 2.75) is 19.8 Å². The van der Waals surface area contributed by atoms with Gasteiger partial charge in [0.2, 0.25) is 5.91 Å². The molecule has 8 heteroatoms. The van der Waals surface area contributed by atoms with E-state index in [0.29, 0.717) is 13.0 Å². The molecule has 1 amide bonds. The summed E-state index contributed by atoms with van der Waals surface area (Å²) in [5.74, 6) is 1.84. The molecule has 0 saturated carbocycles. The van der Waals surface area contributed by atoms with Crippen LogP contribution < -0.4 is 15.5 Å². The van der Waals surface area contributed by atoms with Crippen LogP contribution in [0.2, 0.25) is 5.02 Å². The minimum Gasteiger partial charge on any atom is -0.357 e. The van der Waals surface area contributed by atoms with Gasteiger partial charge in [-0.15, -0.1) is 0 Å². The van der Waals surface area contributed by atoms with Crippen molar-refractivity contribution in [3.8, 4) is 0 Å². The Bertz CT molecular complexity index is 852. The largest absolute Gasteiger partial charge is 0.357 e. The van der Waals surface area contributed by atoms with Gasteiger partial charge in [0.05, 0.1) is 6.54 Å². The van der Waals surface area contributed by atoms with Crippen LogP contribution in [-0.4, -0.2) is 67.6 Å². The fourth-order valence-electron chi connectivity index (χ4n) is 3.51. The molecule has 7 nitrogen and oxygen atoms in total. The topological polar surface area (TPSA) is 72.9 Å². The third-order valence-corrected chi connectivity index (χ3v) is 5.56. The number of nitrogens with zero attached hydrogens (tertiary/aromatic N) is 4. The van der Waals surface area contributed by atoms with Crippen molar-refractivity contribution in [1.29, 1.82) is 0 Å². The van der Waals surface area contributed by atoms with Gasteiger partial charge in [-0.1, -0.05) is 35.9 Å². The molecule has 1 saturated heterocycles. The second kappa shape index (κ2) is 12.2. The molecule has 31 heavy (non-hydrogen) atoms. The van der Waals surface area contributed by atoms with Gasteiger partial charge in [-0.25, -0.2) is 4.98 Å². The lowest BCUT2D eigenvalue weighted by molar-refractivity contribution is -0.131. The molecule has 2 aromatic rings. The summed E-state index contributed by atoms with van der Waals surface area (Å²) in [4.78, 5) is 25.7. The van der Waals surface area contributed by atoms with Crippen LogP contribution in [0.25, 0.3) is 0 Å². The number of aliphatic imine (C=N–C) groups is 1. The van der Waals surface area contributed by atoms with E-state index >= 15 is 0 Å². The Balaban J connectivity index is 1.41. The van der Waals surface area contributed by atoms with Crippen LogP contribution in [0.4, 0.5) is 5.82 Å². The number of rotatable bonds is 8. The first-order chi connectivity index (χ1) is 15.2. The monoisotopic (exact) mass is 442 g/mol. The summed E-state index contributed by atoms with van der Waals surface area (Å²) in [5.41, 5.74) is 1.10. The SMILES string of the molecule is CCNC(=NCCC(=O)N1CCN(c2ccccn2)CC1)NCCc1ccccc1Cl. The zero-order valence-corrected chi connectivity index (χ0v) is 18.8. The van der Waals surface area contributed by atoms with Gasteiger partial charge >= 0.3 is 0 Å². The highest BCUT2D eigenvalue weighted by molar-refractivity contribution is 6.31. The van der Waals surface area contributed by atoms with E-state index in [2.05, 4.69) is 25.5 Å². The van der Waals surface area contributed by atoms with Crippen molar-refractivity contribution in [3.63, 3.8) is 0 Å². The predicted octanol–water partition coefficient (Wildman–Crippen LogP) is 2.57. The molecule has 1 aliphatic heterocycles. The van der Waals surface area contributed by atoms with Crippen molar-refractivity contribution in [2.75, 3.05) is 50.7 Å². The van der Waals surface area contributed by atoms with E-state index in [1.54, 1.807) is 6.20 Å². The van der Waals surface area contributed by atoms with Gasteiger partial charge in [-0.3, -0.25) is 9.79 Å². The first-order valence-corrected chi connectivity index (χ1v) is 11.2. The number of hydrogen-bond acceptors (Lipinski definition) is 4. The molecule has 2 N–H and O–H groups in total. The highest BCUT2D eigenvalue weighted by Crippen LogP contribution is 2.15. The van der Waals surface area contributed by atoms with Crippen LogP contribution in [-0.2, 0) is 11.2 Å². The van der Waals surface area contributed by atoms with E-state index in [9.17, 15) is 4.79 Å². The zero-order chi connectivity index (χ0) is 21.9. The van der Waals surface area contributed by atoms with Gasteiger partial charge in [-0.05, 0) is 37.1 Å². The van der Waals surface area contributed by atoms with E-state index in [-0.39, 0.29) is 5.91 Å². The second-order valence-corrected chi connectivity index (χ2v) is 7.74. The quantitative estimate of drug-likeness (QED) is 0.485. The Morgan fingerprint density at radius 2 is 1.87 bits per heavy atom. The minimum atomic E-state index is 0.149. The number of pyridine rings is 1. The van der Waals surface area contributed by atoms with E-state index in [1.807, 2.05) is 54.3 Å². The molecule has 166 valence electrons. The lowest BCUT2D eigenvalue weighted by Gasteiger charge is -2.35. The van der Waals surface area contributed by atoms with Crippen LogP contribution in [0.5, 0.6) is 0 Å². The number of piperazine rings is 1. The second-order valence-electron chi connectivity index (χ2n) is 7.33. The van der Waals surface area contributed by atoms with Crippen molar-refractivity contribution >= 4 is 29.3 Å². The summed E-state index contributed by atoms with van der Waals surface area (Å²) in [5, 5.41) is 7.32. The maximum absolute atomic E-state index is 12.6. The maximum atomic E-state index is 12.6. The third-order valence-electron chi connectivity index (χ3n) is 5.19. The summed E-state index contributed by atoms with van der Waals surface area (Å²) in [6.07, 6.45) is 3.02. The summed E-state index contributed by atoms with van der Waals surface area (Å²) in [7, 11) is 0. The molecule has 1 aromatic carbocycles. The van der Waals surface area contributed by atoms with Crippen LogP contribution >= 0.6 is 11.6 Å². The highest BCUT2D eigenvalue weighted by Gasteiger charge is 2.21. The van der Waals surface area contributed by atoms with Crippen molar-refractivity contribution in [1.82, 2.24) is 20.5 Å². The Hall–Kier alpha value is -2.80. The molecule has 1 fully saturated rings. The molecule has 0 spiro atoms. The summed E-state index contributed by atoms with van der Waals surface area (Å²) < 4.78 is 0. The van der Waals surface area contributed by atoms with E-state index in [0.717, 1.165) is 68.1 Å². The number of carbonyl (C=O) groups is 1. The predicted molar refractivity (Wildman–Crippen MR) is 127 cm³/mol. The first-order valence-electron chi connectivity index (χ1n) is 10.9. The molecule has 0 unspecified atom stereocenters. The Morgan fingerprint density at radius 3 is 2.58 bits per heavy atom. The van der Waals surface area contributed by atoms with Crippen molar-refractivity contribution < 1.29 is 4.79 Å². The highest BCUT2D eigenvalue weighted by atomic mass is 35.5. The van der Waals surface area contributed by atoms with Crippen LogP contribution in [0.1, 0.15) is 18.9 Å². The van der Waals surface area contributed by atoms with Crippen LogP contribution in [0, 0.1) is 0 Å². The van der Waals surface area contributed by atoms with Gasteiger partial charge in [0.1, 0.15) is 5.82 Å². The number of aromatic nitrogens is 1. The van der Waals surface area contributed by atoms with E-state index < -0.39 is 0 Å². The molecule has 0 bridgehead atoms. The molecular formula is C23H31ClN6O. The molecular weight excluding hydrogens is 412 g/mol. The standard InChI is InChI=1S/C23H31ClN6O/c1-2-25-23(27-13-10-19-7-3-4-8-20(19)24)28-14-11-22(31)30-17-15-29(16-18-30)21-9-5-6-12-26-21/h3-9,12H,2,10-11,13-18H2,1H3,(H2,25,27,28). The van der Waals surface area contributed by atoms with Gasteiger partial charge in [0, 0.05) is 56.9 Å². The smallest absolute Gasteiger partial charge is 0.224 e. The fourth-order valence-corrected chi connectivity index (χ4v) is 3.74. The molecule has 0 atom stereocenters. The average molecular weight is 443 g/mol. The maximum Gasteiger partial charge on any atom is 0.224 e. The summed E-state index contributed by atoms with van der Waals surface area (Å²) >= 11 is 6.21. The number of halogens is 1. The Morgan fingerprint density at radius 1 is 1.10 bits per heavy atom. The minimum absolute atomic E-state index is 0.149. The molecule has 1 aliphatic rings. The Kier molecular flexibility index (Phi) is 8.97.